The molecule has 0 saturated heterocycles. The Hall–Kier alpha value is -1.70. The second-order valence-electron chi connectivity index (χ2n) is 3.69. The van der Waals surface area contributed by atoms with Crippen LogP contribution in [0.25, 0.3) is 10.9 Å². The van der Waals surface area contributed by atoms with Gasteiger partial charge in [0, 0.05) is 18.1 Å². The molecule has 2 nitrogen and oxygen atoms in total. The number of hydrogen-bond acceptors (Lipinski definition) is 1. The first kappa shape index (κ1) is 8.88. The number of benzene rings is 1. The summed E-state index contributed by atoms with van der Waals surface area (Å²) in [5.74, 6) is 0. The lowest BCUT2D eigenvalue weighted by molar-refractivity contribution is 0.823. The molecular formula is C12H14N2. The maximum atomic E-state index is 5.93. The summed E-state index contributed by atoms with van der Waals surface area (Å²) in [6.45, 7) is 6.75. The molecule has 0 aliphatic carbocycles. The van der Waals surface area contributed by atoms with Crippen molar-refractivity contribution in [2.75, 3.05) is 5.73 Å². The van der Waals surface area contributed by atoms with Gasteiger partial charge in [-0.1, -0.05) is 24.3 Å². The number of nitrogen functional groups attached to an aromatic ring is 1. The molecule has 0 unspecified atom stereocenters. The van der Waals surface area contributed by atoms with Crippen LogP contribution in [0.2, 0.25) is 0 Å². The lowest BCUT2D eigenvalue weighted by Gasteiger charge is -2.06. The van der Waals surface area contributed by atoms with Gasteiger partial charge in [-0.15, -0.1) is 0 Å². The van der Waals surface area contributed by atoms with Crippen LogP contribution in [0.4, 0.5) is 5.69 Å². The van der Waals surface area contributed by atoms with Crippen LogP contribution in [0, 0.1) is 0 Å². The monoisotopic (exact) mass is 186 g/mol. The Morgan fingerprint density at radius 3 is 2.93 bits per heavy atom. The highest BCUT2D eigenvalue weighted by atomic mass is 15.0. The Labute approximate surface area is 83.6 Å². The molecule has 14 heavy (non-hydrogen) atoms. The number of para-hydroxylation sites is 1. The number of anilines is 1. The Morgan fingerprint density at radius 2 is 2.21 bits per heavy atom. The van der Waals surface area contributed by atoms with Gasteiger partial charge in [0.15, 0.2) is 0 Å². The van der Waals surface area contributed by atoms with Crippen LogP contribution in [0.3, 0.4) is 0 Å². The number of fused-ring (bicyclic) bond motifs is 1. The van der Waals surface area contributed by atoms with E-state index in [0.29, 0.717) is 0 Å². The predicted octanol–water partition coefficient (Wildman–Crippen LogP) is 2.80. The van der Waals surface area contributed by atoms with Crippen molar-refractivity contribution < 1.29 is 0 Å². The fraction of sp³-hybridized carbons (Fsp3) is 0.167. The molecule has 0 amide bonds. The Kier molecular flexibility index (Phi) is 2.04. The summed E-state index contributed by atoms with van der Waals surface area (Å²) >= 11 is 0. The number of hydrogen-bond donors (Lipinski definition) is 1. The minimum Gasteiger partial charge on any atom is -0.397 e. The van der Waals surface area contributed by atoms with E-state index in [9.17, 15) is 0 Å². The lowest BCUT2D eigenvalue weighted by atomic mass is 10.2. The fourth-order valence-electron chi connectivity index (χ4n) is 1.71. The van der Waals surface area contributed by atoms with Crippen LogP contribution in [0.15, 0.2) is 42.6 Å². The molecule has 0 aliphatic rings. The number of aromatic nitrogens is 1. The Bertz CT molecular complexity index is 480. The van der Waals surface area contributed by atoms with Crippen molar-refractivity contribution in [1.82, 2.24) is 4.57 Å². The second-order valence-corrected chi connectivity index (χ2v) is 3.69. The molecule has 1 aromatic heterocycles. The van der Waals surface area contributed by atoms with E-state index < -0.39 is 0 Å². The molecule has 0 atom stereocenters. The maximum Gasteiger partial charge on any atom is 0.0716 e. The van der Waals surface area contributed by atoms with E-state index in [-0.39, 0.29) is 0 Å². The normalized spacial score (nSPS) is 10.6. The molecule has 2 heteroatoms. The number of nitrogens with two attached hydrogens (primary N) is 1. The van der Waals surface area contributed by atoms with Gasteiger partial charge in [0.2, 0.25) is 0 Å². The summed E-state index contributed by atoms with van der Waals surface area (Å²) in [5, 5.41) is 1.19. The van der Waals surface area contributed by atoms with Crippen molar-refractivity contribution >= 4 is 16.6 Å². The smallest absolute Gasteiger partial charge is 0.0716 e. The van der Waals surface area contributed by atoms with E-state index in [1.165, 1.54) is 5.39 Å². The quantitative estimate of drug-likeness (QED) is 0.567. The average molecular weight is 186 g/mol. The van der Waals surface area contributed by atoms with Crippen LogP contribution in [-0.2, 0) is 6.54 Å². The molecule has 1 heterocycles. The minimum atomic E-state index is 0.828. The SMILES string of the molecule is C=C(C)Cn1ccc2cccc(N)c21. The number of rotatable bonds is 2. The first-order valence-corrected chi connectivity index (χ1v) is 4.66. The van der Waals surface area contributed by atoms with E-state index in [1.807, 2.05) is 19.1 Å². The molecule has 0 bridgehead atoms. The van der Waals surface area contributed by atoms with E-state index in [2.05, 4.69) is 29.5 Å². The van der Waals surface area contributed by atoms with Gasteiger partial charge >= 0.3 is 0 Å². The summed E-state index contributed by atoms with van der Waals surface area (Å²) in [4.78, 5) is 0. The fourth-order valence-corrected chi connectivity index (χ4v) is 1.71. The molecular weight excluding hydrogens is 172 g/mol. The molecule has 0 radical (unpaired) electrons. The summed E-state index contributed by atoms with van der Waals surface area (Å²) in [6.07, 6.45) is 2.05. The highest BCUT2D eigenvalue weighted by Crippen LogP contribution is 2.22. The van der Waals surface area contributed by atoms with Gasteiger partial charge in [-0.05, 0) is 19.1 Å². The maximum absolute atomic E-state index is 5.93. The van der Waals surface area contributed by atoms with E-state index in [4.69, 9.17) is 5.73 Å². The van der Waals surface area contributed by atoms with Gasteiger partial charge in [0.05, 0.1) is 11.2 Å². The molecule has 0 aliphatic heterocycles. The Morgan fingerprint density at radius 1 is 1.43 bits per heavy atom. The van der Waals surface area contributed by atoms with Crippen molar-refractivity contribution in [2.24, 2.45) is 0 Å². The predicted molar refractivity (Wildman–Crippen MR) is 61.2 cm³/mol. The van der Waals surface area contributed by atoms with Gasteiger partial charge in [0.1, 0.15) is 0 Å². The van der Waals surface area contributed by atoms with Gasteiger partial charge < -0.3 is 10.3 Å². The molecule has 0 spiro atoms. The third-order valence-electron chi connectivity index (χ3n) is 2.26. The molecule has 0 fully saturated rings. The molecule has 72 valence electrons. The third kappa shape index (κ3) is 1.39. The first-order valence-electron chi connectivity index (χ1n) is 4.66. The van der Waals surface area contributed by atoms with Crippen molar-refractivity contribution in [3.8, 4) is 0 Å². The second kappa shape index (κ2) is 3.22. The largest absolute Gasteiger partial charge is 0.397 e. The van der Waals surface area contributed by atoms with Gasteiger partial charge in [-0.2, -0.15) is 0 Å². The van der Waals surface area contributed by atoms with Crippen molar-refractivity contribution in [3.63, 3.8) is 0 Å². The van der Waals surface area contributed by atoms with Crippen LogP contribution < -0.4 is 5.73 Å². The van der Waals surface area contributed by atoms with Crippen LogP contribution in [0.1, 0.15) is 6.92 Å². The van der Waals surface area contributed by atoms with Gasteiger partial charge in [-0.3, -0.25) is 0 Å². The van der Waals surface area contributed by atoms with Crippen LogP contribution >= 0.6 is 0 Å². The molecule has 2 N–H and O–H groups in total. The van der Waals surface area contributed by atoms with Crippen molar-refractivity contribution in [2.45, 2.75) is 13.5 Å². The molecule has 0 saturated carbocycles. The zero-order chi connectivity index (χ0) is 10.1. The van der Waals surface area contributed by atoms with Gasteiger partial charge in [-0.25, -0.2) is 0 Å². The molecule has 1 aromatic carbocycles. The third-order valence-corrected chi connectivity index (χ3v) is 2.26. The lowest BCUT2D eigenvalue weighted by Crippen LogP contribution is -1.98. The Balaban J connectivity index is 2.61. The zero-order valence-corrected chi connectivity index (χ0v) is 8.33. The summed E-state index contributed by atoms with van der Waals surface area (Å²) in [6, 6.07) is 8.05. The van der Waals surface area contributed by atoms with Gasteiger partial charge in [0.25, 0.3) is 0 Å². The van der Waals surface area contributed by atoms with Crippen molar-refractivity contribution in [1.29, 1.82) is 0 Å². The average Bonchev–Trinajstić information content (AvgIpc) is 2.49. The number of nitrogens with zero attached hydrogens (tertiary/aromatic N) is 1. The summed E-state index contributed by atoms with van der Waals surface area (Å²) in [5.41, 5.74) is 8.99. The van der Waals surface area contributed by atoms with Crippen molar-refractivity contribution in [3.05, 3.63) is 42.6 Å². The first-order chi connectivity index (χ1) is 6.68. The number of allylic oxidation sites excluding steroid dienone is 1. The highest BCUT2D eigenvalue weighted by molar-refractivity contribution is 5.90. The summed E-state index contributed by atoms with van der Waals surface area (Å²) < 4.78 is 2.13. The van der Waals surface area contributed by atoms with E-state index in [1.54, 1.807) is 0 Å². The van der Waals surface area contributed by atoms with E-state index >= 15 is 0 Å². The van der Waals surface area contributed by atoms with Crippen LogP contribution in [-0.4, -0.2) is 4.57 Å². The molecule has 2 rings (SSSR count). The standard InChI is InChI=1S/C12H14N2/c1-9(2)8-14-7-6-10-4-3-5-11(13)12(10)14/h3-7H,1,8,13H2,2H3. The minimum absolute atomic E-state index is 0.828. The molecule has 2 aromatic rings. The topological polar surface area (TPSA) is 30.9 Å². The van der Waals surface area contributed by atoms with Crippen LogP contribution in [0.5, 0.6) is 0 Å². The highest BCUT2D eigenvalue weighted by Gasteiger charge is 2.03. The summed E-state index contributed by atoms with van der Waals surface area (Å²) in [7, 11) is 0. The van der Waals surface area contributed by atoms with E-state index in [0.717, 1.165) is 23.3 Å². The zero-order valence-electron chi connectivity index (χ0n) is 8.33.